The van der Waals surface area contributed by atoms with Crippen molar-refractivity contribution in [3.05, 3.63) is 161 Å². The number of hydrogen-bond acceptors (Lipinski definition) is 6. The highest BCUT2D eigenvalue weighted by Gasteiger charge is 2.46. The van der Waals surface area contributed by atoms with Gasteiger partial charge < -0.3 is 16.4 Å². The Kier molecular flexibility index (Phi) is 8.47. The molecule has 0 bridgehead atoms. The number of hydrogen-bond donors (Lipinski definition) is 3. The van der Waals surface area contributed by atoms with Crippen LogP contribution in [0.4, 0.5) is 23.3 Å². The van der Waals surface area contributed by atoms with Gasteiger partial charge in [-0.05, 0) is 89.9 Å². The molecule has 0 aliphatic heterocycles. The predicted octanol–water partition coefficient (Wildman–Crippen LogP) is 10.2. The molecule has 6 aromatic rings. The Bertz CT molecular complexity index is 2040. The van der Waals surface area contributed by atoms with Crippen LogP contribution in [-0.2, 0) is 15.8 Å². The molecule has 0 fully saturated rings. The molecule has 1 heterocycles. The van der Waals surface area contributed by atoms with Crippen LogP contribution in [0.1, 0.15) is 74.2 Å². The second-order valence-electron chi connectivity index (χ2n) is 13.2. The first kappa shape index (κ1) is 32.5. The minimum absolute atomic E-state index is 0.395. The Morgan fingerprint density at radius 3 is 1.57 bits per heavy atom. The summed E-state index contributed by atoms with van der Waals surface area (Å²) in [7, 11) is 0. The van der Waals surface area contributed by atoms with Crippen molar-refractivity contribution in [2.75, 3.05) is 10.6 Å². The number of benzene rings is 5. The lowest BCUT2D eigenvalue weighted by Gasteiger charge is -2.34. The average molecular weight is 665 g/mol. The third kappa shape index (κ3) is 5.85. The number of anilines is 4. The van der Waals surface area contributed by atoms with Crippen molar-refractivity contribution in [2.24, 2.45) is 5.73 Å². The lowest BCUT2D eigenvalue weighted by atomic mass is 9.67. The van der Waals surface area contributed by atoms with Crippen molar-refractivity contribution in [2.45, 2.75) is 56.4 Å². The molecule has 5 aromatic carbocycles. The van der Waals surface area contributed by atoms with E-state index in [2.05, 4.69) is 127 Å². The number of para-hydroxylation sites is 1. The zero-order chi connectivity index (χ0) is 34.2. The normalized spacial score (nSPS) is 15.4. The molecule has 1 aliphatic carbocycles. The van der Waals surface area contributed by atoms with Crippen LogP contribution in [-0.4, -0.2) is 15.0 Å². The van der Waals surface area contributed by atoms with Gasteiger partial charge in [-0.2, -0.15) is 15.0 Å². The fourth-order valence-corrected chi connectivity index (χ4v) is 6.88. The van der Waals surface area contributed by atoms with Gasteiger partial charge in [-0.1, -0.05) is 117 Å². The van der Waals surface area contributed by atoms with E-state index < -0.39 is 15.8 Å². The van der Waals surface area contributed by atoms with Crippen LogP contribution in [0, 0.1) is 0 Å². The maximum atomic E-state index is 6.87. The summed E-state index contributed by atoms with van der Waals surface area (Å²) in [5, 5.41) is 6.73. The smallest absolute Gasteiger partial charge is 0.232 e. The van der Waals surface area contributed by atoms with Crippen molar-refractivity contribution < 1.29 is 0 Å². The van der Waals surface area contributed by atoms with Gasteiger partial charge in [0.2, 0.25) is 11.9 Å². The zero-order valence-electron chi connectivity index (χ0n) is 28.3. The molecular weight excluding hydrogens is 624 g/mol. The van der Waals surface area contributed by atoms with E-state index in [1.807, 2.05) is 44.2 Å². The van der Waals surface area contributed by atoms with Gasteiger partial charge in [-0.25, -0.2) is 0 Å². The van der Waals surface area contributed by atoms with Crippen molar-refractivity contribution in [3.63, 3.8) is 0 Å². The molecule has 2 unspecified atom stereocenters. The van der Waals surface area contributed by atoms with E-state index in [-0.39, 0.29) is 0 Å². The zero-order valence-corrected chi connectivity index (χ0v) is 29.1. The number of alkyl halides is 1. The number of halogens is 1. The number of nitrogens with one attached hydrogen (secondary N) is 2. The first-order valence-electron chi connectivity index (χ1n) is 16.9. The van der Waals surface area contributed by atoms with Gasteiger partial charge in [0.25, 0.3) is 0 Å². The van der Waals surface area contributed by atoms with Crippen LogP contribution in [0.2, 0.25) is 0 Å². The highest BCUT2D eigenvalue weighted by Crippen LogP contribution is 2.56. The standard InChI is InChI=1S/C42H41ClN6/c1-5-40(3,43)37-47-38(45-31-14-8-7-9-15-31)49-39(48-37)46-32-26-24-30(25-27-32)42(29-22-20-28(21-23-29)41(4,44)6-2)35-18-12-10-16-33(35)34-17-11-13-19-36(34)42/h7-27H,5-6,44H2,1-4H3,(H2,45,46,47,48,49). The molecule has 0 spiro atoms. The quantitative estimate of drug-likeness (QED) is 0.126. The van der Waals surface area contributed by atoms with Crippen molar-refractivity contribution in [1.82, 2.24) is 15.0 Å². The van der Waals surface area contributed by atoms with E-state index >= 15 is 0 Å². The van der Waals surface area contributed by atoms with E-state index in [4.69, 9.17) is 27.3 Å². The van der Waals surface area contributed by atoms with Gasteiger partial charge in [0.05, 0.1) is 5.41 Å². The predicted molar refractivity (Wildman–Crippen MR) is 202 cm³/mol. The summed E-state index contributed by atoms with van der Waals surface area (Å²) in [6.45, 7) is 8.17. The lowest BCUT2D eigenvalue weighted by Crippen LogP contribution is -2.32. The molecule has 246 valence electrons. The lowest BCUT2D eigenvalue weighted by molar-refractivity contribution is 0.476. The number of rotatable bonds is 10. The van der Waals surface area contributed by atoms with Crippen molar-refractivity contribution >= 4 is 34.9 Å². The minimum Gasteiger partial charge on any atom is -0.324 e. The van der Waals surface area contributed by atoms with Crippen LogP contribution in [0.15, 0.2) is 127 Å². The van der Waals surface area contributed by atoms with Crippen LogP contribution >= 0.6 is 11.6 Å². The summed E-state index contributed by atoms with van der Waals surface area (Å²) in [5.41, 5.74) is 16.0. The molecule has 1 aliphatic rings. The molecule has 0 radical (unpaired) electrons. The Labute approximate surface area is 293 Å². The molecule has 7 rings (SSSR count). The summed E-state index contributed by atoms with van der Waals surface area (Å²) >= 11 is 6.87. The molecule has 6 nitrogen and oxygen atoms in total. The number of fused-ring (bicyclic) bond motifs is 3. The monoisotopic (exact) mass is 664 g/mol. The molecular formula is C42H41ClN6. The van der Waals surface area contributed by atoms with Gasteiger partial charge in [0, 0.05) is 16.9 Å². The molecule has 7 heteroatoms. The van der Waals surface area contributed by atoms with E-state index in [0.29, 0.717) is 24.1 Å². The molecule has 1 aromatic heterocycles. The molecule has 0 saturated carbocycles. The summed E-state index contributed by atoms with van der Waals surface area (Å²) in [5.74, 6) is 1.34. The SMILES string of the molecule is CCC(C)(N)c1ccc(C2(c3ccc(Nc4nc(Nc5ccccc5)nc(C(C)(Cl)CC)n4)cc3)c3ccccc3-c3ccccc32)cc1. The van der Waals surface area contributed by atoms with Gasteiger partial charge in [-0.15, -0.1) is 11.6 Å². The van der Waals surface area contributed by atoms with Crippen LogP contribution < -0.4 is 16.4 Å². The van der Waals surface area contributed by atoms with E-state index in [1.54, 1.807) is 0 Å². The fraction of sp³-hybridized carbons (Fsp3) is 0.214. The van der Waals surface area contributed by atoms with Crippen LogP contribution in [0.25, 0.3) is 11.1 Å². The molecule has 49 heavy (non-hydrogen) atoms. The second-order valence-corrected chi connectivity index (χ2v) is 14.1. The van der Waals surface area contributed by atoms with Crippen molar-refractivity contribution in [1.29, 1.82) is 0 Å². The first-order valence-corrected chi connectivity index (χ1v) is 17.3. The Morgan fingerprint density at radius 1 is 0.592 bits per heavy atom. The third-order valence-electron chi connectivity index (χ3n) is 10.0. The topological polar surface area (TPSA) is 88.8 Å². The van der Waals surface area contributed by atoms with Crippen molar-refractivity contribution in [3.8, 4) is 11.1 Å². The summed E-state index contributed by atoms with van der Waals surface area (Å²) < 4.78 is 0. The first-order chi connectivity index (χ1) is 23.7. The van der Waals surface area contributed by atoms with Gasteiger partial charge in [0.15, 0.2) is 5.82 Å². The highest BCUT2D eigenvalue weighted by molar-refractivity contribution is 6.23. The summed E-state index contributed by atoms with van der Waals surface area (Å²) in [4.78, 5) is 13.4. The largest absolute Gasteiger partial charge is 0.324 e. The Balaban J connectivity index is 1.31. The van der Waals surface area contributed by atoms with E-state index in [1.165, 1.54) is 27.8 Å². The van der Waals surface area contributed by atoms with Crippen LogP contribution in [0.5, 0.6) is 0 Å². The van der Waals surface area contributed by atoms with Gasteiger partial charge in [0.1, 0.15) is 4.87 Å². The number of aromatic nitrogens is 3. The maximum absolute atomic E-state index is 6.87. The van der Waals surface area contributed by atoms with Gasteiger partial charge in [-0.3, -0.25) is 0 Å². The molecule has 0 saturated heterocycles. The number of nitrogens with two attached hydrogens (primary N) is 1. The van der Waals surface area contributed by atoms with Crippen LogP contribution in [0.3, 0.4) is 0 Å². The highest BCUT2D eigenvalue weighted by atomic mass is 35.5. The maximum Gasteiger partial charge on any atom is 0.232 e. The summed E-state index contributed by atoms with van der Waals surface area (Å²) in [6.07, 6.45) is 1.51. The van der Waals surface area contributed by atoms with E-state index in [9.17, 15) is 0 Å². The second kappa shape index (κ2) is 12.8. The minimum atomic E-state index is -0.750. The Morgan fingerprint density at radius 2 is 1.06 bits per heavy atom. The fourth-order valence-electron chi connectivity index (χ4n) is 6.79. The third-order valence-corrected chi connectivity index (χ3v) is 10.5. The molecule has 4 N–H and O–H groups in total. The number of nitrogens with zero attached hydrogens (tertiary/aromatic N) is 3. The molecule has 2 atom stereocenters. The van der Waals surface area contributed by atoms with Gasteiger partial charge >= 0.3 is 0 Å². The molecule has 0 amide bonds. The average Bonchev–Trinajstić information content (AvgIpc) is 3.43. The van der Waals surface area contributed by atoms with E-state index in [0.717, 1.165) is 28.9 Å². The Hall–Kier alpha value is -5.04. The summed E-state index contributed by atoms with van der Waals surface area (Å²) in [6, 6.07) is 44.8.